The second-order valence-corrected chi connectivity index (χ2v) is 5.97. The van der Waals surface area contributed by atoms with E-state index in [4.69, 9.17) is 14.2 Å². The SMILES string of the molecule is COc1ccc([C@@H]2CCCN2C(=O)c2c(OC)cccc2OC)cc1. The van der Waals surface area contributed by atoms with Gasteiger partial charge in [-0.3, -0.25) is 4.79 Å². The number of ether oxygens (including phenoxy) is 3. The standard InChI is InChI=1S/C20H23NO4/c1-23-15-11-9-14(10-12-15)16-6-5-13-21(16)20(22)19-17(24-2)7-4-8-18(19)25-3/h4,7-12,16H,5-6,13H2,1-3H3/t16-/m0/s1. The van der Waals surface area contributed by atoms with Crippen LogP contribution >= 0.6 is 0 Å². The number of hydrogen-bond acceptors (Lipinski definition) is 4. The van der Waals surface area contributed by atoms with Crippen molar-refractivity contribution in [2.45, 2.75) is 18.9 Å². The maximum Gasteiger partial charge on any atom is 0.261 e. The number of nitrogens with zero attached hydrogens (tertiary/aromatic N) is 1. The van der Waals surface area contributed by atoms with Crippen LogP contribution in [0.1, 0.15) is 34.8 Å². The van der Waals surface area contributed by atoms with Gasteiger partial charge in [0.05, 0.1) is 27.4 Å². The van der Waals surface area contributed by atoms with Crippen LogP contribution in [-0.4, -0.2) is 38.7 Å². The van der Waals surface area contributed by atoms with Crippen molar-refractivity contribution in [2.24, 2.45) is 0 Å². The molecule has 0 N–H and O–H groups in total. The molecule has 1 amide bonds. The van der Waals surface area contributed by atoms with E-state index in [1.54, 1.807) is 33.5 Å². The lowest BCUT2D eigenvalue weighted by atomic mass is 10.0. The van der Waals surface area contributed by atoms with Gasteiger partial charge >= 0.3 is 0 Å². The fourth-order valence-electron chi connectivity index (χ4n) is 3.39. The zero-order valence-corrected chi connectivity index (χ0v) is 14.8. The lowest BCUT2D eigenvalue weighted by molar-refractivity contribution is 0.0728. The first-order valence-corrected chi connectivity index (χ1v) is 8.35. The average molecular weight is 341 g/mol. The molecule has 3 rings (SSSR count). The van der Waals surface area contributed by atoms with Gasteiger partial charge in [-0.2, -0.15) is 0 Å². The van der Waals surface area contributed by atoms with Gasteiger partial charge < -0.3 is 19.1 Å². The molecule has 1 atom stereocenters. The Bertz CT molecular complexity index is 720. The van der Waals surface area contributed by atoms with E-state index < -0.39 is 0 Å². The van der Waals surface area contributed by atoms with Crippen LogP contribution in [0.2, 0.25) is 0 Å². The fraction of sp³-hybridized carbons (Fsp3) is 0.350. The first kappa shape index (κ1) is 17.1. The lowest BCUT2D eigenvalue weighted by Crippen LogP contribution is -2.31. The number of benzene rings is 2. The monoisotopic (exact) mass is 341 g/mol. The quantitative estimate of drug-likeness (QED) is 0.832. The number of carbonyl (C=O) groups is 1. The second kappa shape index (κ2) is 7.47. The zero-order chi connectivity index (χ0) is 17.8. The Hall–Kier alpha value is -2.69. The topological polar surface area (TPSA) is 48.0 Å². The summed E-state index contributed by atoms with van der Waals surface area (Å²) in [6, 6.07) is 13.3. The minimum atomic E-state index is -0.0624. The van der Waals surface area contributed by atoms with E-state index in [1.165, 1.54) is 0 Å². The molecule has 0 spiro atoms. The van der Waals surface area contributed by atoms with Gasteiger partial charge in [0.25, 0.3) is 5.91 Å². The third kappa shape index (κ3) is 3.27. The molecular formula is C20H23NO4. The van der Waals surface area contributed by atoms with Crippen molar-refractivity contribution in [2.75, 3.05) is 27.9 Å². The average Bonchev–Trinajstić information content (AvgIpc) is 3.16. The Balaban J connectivity index is 1.93. The minimum absolute atomic E-state index is 0.0491. The van der Waals surface area contributed by atoms with Crippen molar-refractivity contribution in [3.8, 4) is 17.2 Å². The Morgan fingerprint density at radius 3 is 2.16 bits per heavy atom. The van der Waals surface area contributed by atoms with E-state index in [9.17, 15) is 4.79 Å². The molecule has 0 unspecified atom stereocenters. The molecule has 1 aliphatic heterocycles. The summed E-state index contributed by atoms with van der Waals surface area (Å²) >= 11 is 0. The van der Waals surface area contributed by atoms with Crippen LogP contribution in [0.15, 0.2) is 42.5 Å². The molecule has 2 aromatic rings. The molecule has 2 aromatic carbocycles. The van der Waals surface area contributed by atoms with Crippen LogP contribution in [0.25, 0.3) is 0 Å². The molecule has 132 valence electrons. The summed E-state index contributed by atoms with van der Waals surface area (Å²) < 4.78 is 16.0. The van der Waals surface area contributed by atoms with Gasteiger partial charge in [0, 0.05) is 6.54 Å². The number of methoxy groups -OCH3 is 3. The van der Waals surface area contributed by atoms with Gasteiger partial charge in [-0.1, -0.05) is 18.2 Å². The molecule has 5 heteroatoms. The third-order valence-corrected chi connectivity index (χ3v) is 4.66. The molecule has 25 heavy (non-hydrogen) atoms. The van der Waals surface area contributed by atoms with Crippen molar-refractivity contribution in [1.82, 2.24) is 4.90 Å². The van der Waals surface area contributed by atoms with Crippen LogP contribution in [0.4, 0.5) is 0 Å². The molecule has 0 radical (unpaired) electrons. The van der Waals surface area contributed by atoms with Crippen molar-refractivity contribution in [3.05, 3.63) is 53.6 Å². The molecule has 1 saturated heterocycles. The van der Waals surface area contributed by atoms with E-state index in [0.29, 0.717) is 17.1 Å². The molecule has 1 fully saturated rings. The van der Waals surface area contributed by atoms with Crippen molar-refractivity contribution in [1.29, 1.82) is 0 Å². The molecule has 0 saturated carbocycles. The predicted molar refractivity (Wildman–Crippen MR) is 95.6 cm³/mol. The first-order chi connectivity index (χ1) is 12.2. The molecule has 0 bridgehead atoms. The Morgan fingerprint density at radius 1 is 0.960 bits per heavy atom. The van der Waals surface area contributed by atoms with Gasteiger partial charge in [-0.15, -0.1) is 0 Å². The smallest absolute Gasteiger partial charge is 0.261 e. The molecule has 1 aliphatic rings. The molecule has 0 aromatic heterocycles. The van der Waals surface area contributed by atoms with E-state index in [2.05, 4.69) is 0 Å². The van der Waals surface area contributed by atoms with Crippen LogP contribution in [-0.2, 0) is 0 Å². The molecule has 5 nitrogen and oxygen atoms in total. The highest BCUT2D eigenvalue weighted by molar-refractivity contribution is 6.00. The maximum atomic E-state index is 13.3. The number of carbonyl (C=O) groups excluding carboxylic acids is 1. The van der Waals surface area contributed by atoms with E-state index in [1.807, 2.05) is 35.2 Å². The summed E-state index contributed by atoms with van der Waals surface area (Å²) in [4.78, 5) is 15.2. The summed E-state index contributed by atoms with van der Waals surface area (Å²) in [5, 5.41) is 0. The summed E-state index contributed by atoms with van der Waals surface area (Å²) in [5.41, 5.74) is 1.59. The van der Waals surface area contributed by atoms with Crippen molar-refractivity contribution in [3.63, 3.8) is 0 Å². The number of amides is 1. The molecule has 0 aliphatic carbocycles. The van der Waals surface area contributed by atoms with Gasteiger partial charge in [-0.25, -0.2) is 0 Å². The highest BCUT2D eigenvalue weighted by atomic mass is 16.5. The highest BCUT2D eigenvalue weighted by Crippen LogP contribution is 2.37. The summed E-state index contributed by atoms with van der Waals surface area (Å²) in [6.07, 6.45) is 1.91. The van der Waals surface area contributed by atoms with Crippen LogP contribution in [0, 0.1) is 0 Å². The Morgan fingerprint density at radius 2 is 1.60 bits per heavy atom. The first-order valence-electron chi connectivity index (χ1n) is 8.35. The Labute approximate surface area is 148 Å². The summed E-state index contributed by atoms with van der Waals surface area (Å²) in [6.45, 7) is 0.719. The van der Waals surface area contributed by atoms with Crippen molar-refractivity contribution < 1.29 is 19.0 Å². The van der Waals surface area contributed by atoms with E-state index >= 15 is 0 Å². The van der Waals surface area contributed by atoms with Gasteiger partial charge in [0.2, 0.25) is 0 Å². The zero-order valence-electron chi connectivity index (χ0n) is 14.8. The summed E-state index contributed by atoms with van der Waals surface area (Å²) in [7, 11) is 4.78. The minimum Gasteiger partial charge on any atom is -0.497 e. The normalized spacial score (nSPS) is 16.6. The van der Waals surface area contributed by atoms with Crippen LogP contribution in [0.3, 0.4) is 0 Å². The van der Waals surface area contributed by atoms with E-state index in [0.717, 1.165) is 30.7 Å². The summed E-state index contributed by atoms with van der Waals surface area (Å²) in [5.74, 6) is 1.81. The predicted octanol–water partition coefficient (Wildman–Crippen LogP) is 3.69. The largest absolute Gasteiger partial charge is 0.497 e. The van der Waals surface area contributed by atoms with Crippen molar-refractivity contribution >= 4 is 5.91 Å². The molecule has 1 heterocycles. The second-order valence-electron chi connectivity index (χ2n) is 5.97. The molecular weight excluding hydrogens is 318 g/mol. The maximum absolute atomic E-state index is 13.3. The van der Waals surface area contributed by atoms with Crippen LogP contribution in [0.5, 0.6) is 17.2 Å². The van der Waals surface area contributed by atoms with Gasteiger partial charge in [0.1, 0.15) is 22.8 Å². The lowest BCUT2D eigenvalue weighted by Gasteiger charge is -2.26. The third-order valence-electron chi connectivity index (χ3n) is 4.66. The highest BCUT2D eigenvalue weighted by Gasteiger charge is 2.33. The number of rotatable bonds is 5. The van der Waals surface area contributed by atoms with Crippen LogP contribution < -0.4 is 14.2 Å². The van der Waals surface area contributed by atoms with E-state index in [-0.39, 0.29) is 11.9 Å². The fourth-order valence-corrected chi connectivity index (χ4v) is 3.39. The van der Waals surface area contributed by atoms with Gasteiger partial charge in [-0.05, 0) is 42.7 Å². The number of hydrogen-bond donors (Lipinski definition) is 0. The Kier molecular flexibility index (Phi) is 5.12. The number of likely N-dealkylation sites (tertiary alicyclic amines) is 1. The van der Waals surface area contributed by atoms with Gasteiger partial charge in [0.15, 0.2) is 0 Å².